The van der Waals surface area contributed by atoms with Gasteiger partial charge in [-0.3, -0.25) is 4.68 Å². The van der Waals surface area contributed by atoms with Gasteiger partial charge in [0.25, 0.3) is 0 Å². The number of aromatic nitrogens is 2. The quantitative estimate of drug-likeness (QED) is 0.527. The second kappa shape index (κ2) is 9.61. The van der Waals surface area contributed by atoms with Crippen LogP contribution in [0.3, 0.4) is 0 Å². The minimum absolute atomic E-state index is 0. The van der Waals surface area contributed by atoms with Crippen molar-refractivity contribution in [1.29, 1.82) is 0 Å². The Morgan fingerprint density at radius 1 is 0.900 bits per heavy atom. The first-order chi connectivity index (χ1) is 13.9. The number of rotatable bonds is 3. The van der Waals surface area contributed by atoms with Gasteiger partial charge in [-0.15, -0.1) is 0 Å². The second-order valence-corrected chi connectivity index (χ2v) is 10.1. The molecular formula is C27H41N3. The van der Waals surface area contributed by atoms with E-state index < -0.39 is 0 Å². The van der Waals surface area contributed by atoms with Crippen molar-refractivity contribution in [2.45, 2.75) is 65.8 Å². The summed E-state index contributed by atoms with van der Waals surface area (Å²) in [6.07, 6.45) is 0. The molecule has 0 fully saturated rings. The van der Waals surface area contributed by atoms with Gasteiger partial charge in [-0.25, -0.2) is 0 Å². The highest BCUT2D eigenvalue weighted by molar-refractivity contribution is 5.59. The van der Waals surface area contributed by atoms with Crippen molar-refractivity contribution in [3.8, 4) is 11.3 Å². The number of hydrogen-bond donors (Lipinski definition) is 1. The van der Waals surface area contributed by atoms with Crippen molar-refractivity contribution in [2.24, 2.45) is 7.05 Å². The van der Waals surface area contributed by atoms with Gasteiger partial charge in [0.05, 0.1) is 5.69 Å². The molecule has 3 heteroatoms. The Kier molecular flexibility index (Phi) is 7.65. The van der Waals surface area contributed by atoms with Crippen LogP contribution in [0.25, 0.3) is 11.3 Å². The molecule has 1 aromatic heterocycles. The molecule has 0 aliphatic rings. The van der Waals surface area contributed by atoms with Crippen LogP contribution < -0.4 is 5.32 Å². The Bertz CT molecular complexity index is 945. The highest BCUT2D eigenvalue weighted by Crippen LogP contribution is 2.27. The van der Waals surface area contributed by atoms with Gasteiger partial charge in [-0.2, -0.15) is 5.10 Å². The van der Waals surface area contributed by atoms with E-state index >= 15 is 0 Å². The first-order valence-electron chi connectivity index (χ1n) is 10.8. The van der Waals surface area contributed by atoms with Crippen LogP contribution in [0, 0.1) is 6.92 Å². The lowest BCUT2D eigenvalue weighted by Gasteiger charge is -2.22. The molecule has 0 spiro atoms. The van der Waals surface area contributed by atoms with Crippen molar-refractivity contribution >= 4 is 0 Å². The Labute approximate surface area is 185 Å². The molecule has 3 aromatic rings. The zero-order chi connectivity index (χ0) is 22.5. The van der Waals surface area contributed by atoms with Crippen LogP contribution in [0.1, 0.15) is 65.4 Å². The smallest absolute Gasteiger partial charge is 0.0926 e. The van der Waals surface area contributed by atoms with Gasteiger partial charge in [0.15, 0.2) is 0 Å². The van der Waals surface area contributed by atoms with E-state index in [0.717, 1.165) is 12.2 Å². The van der Waals surface area contributed by atoms with Gasteiger partial charge >= 0.3 is 0 Å². The number of nitrogens with one attached hydrogen (secondary N) is 1. The average Bonchev–Trinajstić information content (AvgIpc) is 3.04. The van der Waals surface area contributed by atoms with E-state index in [-0.39, 0.29) is 12.3 Å². The van der Waals surface area contributed by atoms with Crippen molar-refractivity contribution < 1.29 is 1.43 Å². The maximum absolute atomic E-state index is 4.56. The van der Waals surface area contributed by atoms with E-state index in [9.17, 15) is 0 Å². The molecule has 0 unspecified atom stereocenters. The summed E-state index contributed by atoms with van der Waals surface area (Å²) < 4.78 is 1.97. The van der Waals surface area contributed by atoms with Crippen LogP contribution in [0.2, 0.25) is 0 Å². The third kappa shape index (κ3) is 6.30. The summed E-state index contributed by atoms with van der Waals surface area (Å²) in [5.74, 6) is 0. The van der Waals surface area contributed by atoms with Crippen molar-refractivity contribution in [3.63, 3.8) is 0 Å². The molecule has 0 atom stereocenters. The molecule has 0 amide bonds. The fraction of sp³-hybridized carbons (Fsp3) is 0.444. The summed E-state index contributed by atoms with van der Waals surface area (Å²) in [5, 5.41) is 7.73. The zero-order valence-corrected chi connectivity index (χ0v) is 20.3. The van der Waals surface area contributed by atoms with E-state index in [1.807, 2.05) is 37.0 Å². The third-order valence-electron chi connectivity index (χ3n) is 5.20. The molecule has 2 aromatic carbocycles. The Balaban J connectivity index is 0.000000303. The molecule has 3 nitrogen and oxygen atoms in total. The lowest BCUT2D eigenvalue weighted by molar-refractivity contribution is 0.523. The predicted octanol–water partition coefficient (Wildman–Crippen LogP) is 6.64. The fourth-order valence-electron chi connectivity index (χ4n) is 3.80. The molecule has 0 saturated heterocycles. The molecule has 1 N–H and O–H groups in total. The van der Waals surface area contributed by atoms with E-state index in [2.05, 4.69) is 95.3 Å². The van der Waals surface area contributed by atoms with E-state index in [1.54, 1.807) is 0 Å². The molecule has 30 heavy (non-hydrogen) atoms. The van der Waals surface area contributed by atoms with Crippen LogP contribution in [0.15, 0.2) is 54.6 Å². The minimum Gasteiger partial charge on any atom is -0.316 e. The SMILES string of the molecule is CNCc1ccc(C(C)(C)C)c(C)c1.Cn1nc(-c2ccccc2)cc1C(C)(C)C.[HH]. The van der Waals surface area contributed by atoms with E-state index in [4.69, 9.17) is 0 Å². The van der Waals surface area contributed by atoms with Gasteiger partial charge < -0.3 is 5.32 Å². The van der Waals surface area contributed by atoms with Gasteiger partial charge in [0.1, 0.15) is 0 Å². The highest BCUT2D eigenvalue weighted by atomic mass is 15.3. The Morgan fingerprint density at radius 3 is 2.00 bits per heavy atom. The molecule has 0 radical (unpaired) electrons. The van der Waals surface area contributed by atoms with Gasteiger partial charge in [-0.1, -0.05) is 90.1 Å². The summed E-state index contributed by atoms with van der Waals surface area (Å²) >= 11 is 0. The van der Waals surface area contributed by atoms with Crippen molar-refractivity contribution in [1.82, 2.24) is 15.1 Å². The monoisotopic (exact) mass is 407 g/mol. The van der Waals surface area contributed by atoms with Crippen LogP contribution in [0.5, 0.6) is 0 Å². The van der Waals surface area contributed by atoms with Crippen molar-refractivity contribution in [2.75, 3.05) is 7.05 Å². The third-order valence-corrected chi connectivity index (χ3v) is 5.20. The number of hydrogen-bond acceptors (Lipinski definition) is 2. The first kappa shape index (κ1) is 23.9. The fourth-order valence-corrected chi connectivity index (χ4v) is 3.80. The predicted molar refractivity (Wildman–Crippen MR) is 132 cm³/mol. The Morgan fingerprint density at radius 2 is 1.53 bits per heavy atom. The van der Waals surface area contributed by atoms with Crippen LogP contribution in [-0.2, 0) is 24.4 Å². The number of benzene rings is 2. The van der Waals surface area contributed by atoms with Gasteiger partial charge in [0, 0.05) is 31.7 Å². The van der Waals surface area contributed by atoms with E-state index in [1.165, 1.54) is 27.9 Å². The van der Waals surface area contributed by atoms with Gasteiger partial charge in [-0.05, 0) is 42.1 Å². The zero-order valence-electron chi connectivity index (χ0n) is 20.3. The standard InChI is InChI=1S/C14H18N2.C13H21N.H2/c1-14(2,3)13-10-12(15-16(13)4)11-8-6-5-7-9-11;1-10-8-11(9-14-5)6-7-12(10)13(2,3)4;/h5-10H,1-4H3;6-8,14H,9H2,1-5H3;1H. The lowest BCUT2D eigenvalue weighted by atomic mass is 9.83. The molecular weight excluding hydrogens is 366 g/mol. The number of aryl methyl sites for hydroxylation is 2. The van der Waals surface area contributed by atoms with Gasteiger partial charge in [0.2, 0.25) is 0 Å². The summed E-state index contributed by atoms with van der Waals surface area (Å²) in [4.78, 5) is 0. The maximum Gasteiger partial charge on any atom is 0.0926 e. The molecule has 0 saturated carbocycles. The van der Waals surface area contributed by atoms with Crippen LogP contribution in [-0.4, -0.2) is 16.8 Å². The molecule has 3 rings (SSSR count). The summed E-state index contributed by atoms with van der Waals surface area (Å²) in [6.45, 7) is 16.5. The summed E-state index contributed by atoms with van der Waals surface area (Å²) in [7, 11) is 3.99. The van der Waals surface area contributed by atoms with Crippen molar-refractivity contribution in [3.05, 3.63) is 77.0 Å². The largest absolute Gasteiger partial charge is 0.316 e. The highest BCUT2D eigenvalue weighted by Gasteiger charge is 2.19. The second-order valence-electron chi connectivity index (χ2n) is 10.1. The van der Waals surface area contributed by atoms with Crippen LogP contribution in [0.4, 0.5) is 0 Å². The summed E-state index contributed by atoms with van der Waals surface area (Å²) in [6, 6.07) is 19.2. The Hall–Kier alpha value is -2.39. The molecule has 0 bridgehead atoms. The maximum atomic E-state index is 4.56. The molecule has 0 aliphatic heterocycles. The molecule has 0 aliphatic carbocycles. The topological polar surface area (TPSA) is 29.9 Å². The lowest BCUT2D eigenvalue weighted by Crippen LogP contribution is -2.16. The first-order valence-corrected chi connectivity index (χ1v) is 10.8. The normalized spacial score (nSPS) is 11.8. The number of nitrogens with zero attached hydrogens (tertiary/aromatic N) is 2. The van der Waals surface area contributed by atoms with Crippen LogP contribution >= 0.6 is 0 Å². The summed E-state index contributed by atoms with van der Waals surface area (Å²) in [5.41, 5.74) is 8.06. The minimum atomic E-state index is 0. The van der Waals surface area contributed by atoms with E-state index in [0.29, 0.717) is 0 Å². The average molecular weight is 408 g/mol. The molecule has 164 valence electrons. The molecule has 1 heterocycles.